The van der Waals surface area contributed by atoms with E-state index in [0.717, 1.165) is 5.75 Å². The highest BCUT2D eigenvalue weighted by Crippen LogP contribution is 2.32. The van der Waals surface area contributed by atoms with Crippen molar-refractivity contribution < 1.29 is 4.74 Å². The first-order chi connectivity index (χ1) is 6.61. The van der Waals surface area contributed by atoms with Crippen LogP contribution in [0, 0.1) is 13.8 Å². The zero-order chi connectivity index (χ0) is 10.7. The highest BCUT2D eigenvalue weighted by atomic mass is 16.5. The molecule has 0 spiro atoms. The lowest BCUT2D eigenvalue weighted by Crippen LogP contribution is -2.12. The van der Waals surface area contributed by atoms with Crippen LogP contribution in [0.25, 0.3) is 0 Å². The van der Waals surface area contributed by atoms with E-state index in [2.05, 4.69) is 32.9 Å². The van der Waals surface area contributed by atoms with E-state index < -0.39 is 0 Å². The van der Waals surface area contributed by atoms with Crippen molar-refractivity contribution in [2.24, 2.45) is 5.73 Å². The molecule has 0 aliphatic heterocycles. The van der Waals surface area contributed by atoms with Gasteiger partial charge in [0.25, 0.3) is 0 Å². The summed E-state index contributed by atoms with van der Waals surface area (Å²) in [6.07, 6.45) is 0. The molecule has 1 rings (SSSR count). The van der Waals surface area contributed by atoms with E-state index in [9.17, 15) is 0 Å². The zero-order valence-electron chi connectivity index (χ0n) is 9.42. The molecule has 0 aromatic heterocycles. The lowest BCUT2D eigenvalue weighted by Gasteiger charge is -2.18. The first-order valence-electron chi connectivity index (χ1n) is 4.96. The summed E-state index contributed by atoms with van der Waals surface area (Å²) in [4.78, 5) is 0. The molecule has 2 heteroatoms. The number of hydrogen-bond donors (Lipinski definition) is 1. The van der Waals surface area contributed by atoms with Crippen molar-refractivity contribution in [2.45, 2.75) is 26.7 Å². The minimum absolute atomic E-state index is 0.352. The summed E-state index contributed by atoms with van der Waals surface area (Å²) in [6, 6.07) is 4.21. The Morgan fingerprint density at radius 1 is 1.29 bits per heavy atom. The Bertz CT molecular complexity index is 320. The summed E-state index contributed by atoms with van der Waals surface area (Å²) in [5.74, 6) is 1.34. The molecular formula is C12H19NO. The summed E-state index contributed by atoms with van der Waals surface area (Å²) >= 11 is 0. The Morgan fingerprint density at radius 3 is 2.36 bits per heavy atom. The van der Waals surface area contributed by atoms with Gasteiger partial charge in [-0.3, -0.25) is 0 Å². The number of ether oxygens (including phenoxy) is 1. The largest absolute Gasteiger partial charge is 0.496 e. The van der Waals surface area contributed by atoms with Crippen molar-refractivity contribution in [2.75, 3.05) is 13.7 Å². The van der Waals surface area contributed by atoms with Crippen LogP contribution in [0.4, 0.5) is 0 Å². The third-order valence-electron chi connectivity index (χ3n) is 2.66. The molecule has 1 aromatic carbocycles. The predicted molar refractivity (Wildman–Crippen MR) is 59.9 cm³/mol. The van der Waals surface area contributed by atoms with Crippen molar-refractivity contribution in [1.82, 2.24) is 0 Å². The molecule has 2 N–H and O–H groups in total. The minimum Gasteiger partial charge on any atom is -0.496 e. The number of aryl methyl sites for hydroxylation is 2. The molecule has 78 valence electrons. The van der Waals surface area contributed by atoms with Crippen molar-refractivity contribution in [3.05, 3.63) is 28.8 Å². The van der Waals surface area contributed by atoms with Gasteiger partial charge in [-0.25, -0.2) is 0 Å². The van der Waals surface area contributed by atoms with E-state index in [4.69, 9.17) is 10.5 Å². The lowest BCUT2D eigenvalue weighted by molar-refractivity contribution is 0.403. The molecule has 0 amide bonds. The average Bonchev–Trinajstić information content (AvgIpc) is 2.19. The second-order valence-corrected chi connectivity index (χ2v) is 3.78. The summed E-state index contributed by atoms with van der Waals surface area (Å²) in [5.41, 5.74) is 9.37. The summed E-state index contributed by atoms with van der Waals surface area (Å²) < 4.78 is 5.42. The molecule has 0 fully saturated rings. The van der Waals surface area contributed by atoms with Gasteiger partial charge >= 0.3 is 0 Å². The van der Waals surface area contributed by atoms with E-state index in [1.165, 1.54) is 16.7 Å². The van der Waals surface area contributed by atoms with E-state index in [-0.39, 0.29) is 0 Å². The van der Waals surface area contributed by atoms with Gasteiger partial charge in [-0.15, -0.1) is 0 Å². The average molecular weight is 193 g/mol. The monoisotopic (exact) mass is 193 g/mol. The second kappa shape index (κ2) is 4.47. The third kappa shape index (κ3) is 1.90. The SMILES string of the molecule is COc1c(C)ccc(C)c1C(C)CN. The van der Waals surface area contributed by atoms with Crippen LogP contribution in [0.15, 0.2) is 12.1 Å². The maximum atomic E-state index is 5.69. The quantitative estimate of drug-likeness (QED) is 0.800. The van der Waals surface area contributed by atoms with Gasteiger partial charge < -0.3 is 10.5 Å². The molecule has 0 radical (unpaired) electrons. The molecule has 14 heavy (non-hydrogen) atoms. The van der Waals surface area contributed by atoms with Crippen molar-refractivity contribution in [1.29, 1.82) is 0 Å². The molecule has 0 saturated carbocycles. The number of benzene rings is 1. The number of nitrogens with two attached hydrogens (primary N) is 1. The van der Waals surface area contributed by atoms with Crippen LogP contribution in [0.1, 0.15) is 29.5 Å². The predicted octanol–water partition coefficient (Wildman–Crippen LogP) is 2.37. The molecule has 0 saturated heterocycles. The molecular weight excluding hydrogens is 174 g/mol. The van der Waals surface area contributed by atoms with Gasteiger partial charge in [0.15, 0.2) is 0 Å². The number of rotatable bonds is 3. The van der Waals surface area contributed by atoms with Crippen LogP contribution < -0.4 is 10.5 Å². The van der Waals surface area contributed by atoms with E-state index in [1.54, 1.807) is 7.11 Å². The Balaban J connectivity index is 3.29. The van der Waals surface area contributed by atoms with Gasteiger partial charge in [0.1, 0.15) is 5.75 Å². The summed E-state index contributed by atoms with van der Waals surface area (Å²) in [5, 5.41) is 0. The van der Waals surface area contributed by atoms with Gasteiger partial charge in [-0.05, 0) is 37.4 Å². The molecule has 0 heterocycles. The highest BCUT2D eigenvalue weighted by Gasteiger charge is 2.14. The fraction of sp³-hybridized carbons (Fsp3) is 0.500. The minimum atomic E-state index is 0.352. The maximum Gasteiger partial charge on any atom is 0.125 e. The standard InChI is InChI=1S/C12H19NO/c1-8-5-6-9(2)12(14-4)11(8)10(3)7-13/h5-6,10H,7,13H2,1-4H3. The van der Waals surface area contributed by atoms with Gasteiger partial charge in [-0.1, -0.05) is 19.1 Å². The van der Waals surface area contributed by atoms with Crippen molar-refractivity contribution >= 4 is 0 Å². The summed E-state index contributed by atoms with van der Waals surface area (Å²) in [6.45, 7) is 6.94. The van der Waals surface area contributed by atoms with Crippen LogP contribution >= 0.6 is 0 Å². The summed E-state index contributed by atoms with van der Waals surface area (Å²) in [7, 11) is 1.72. The van der Waals surface area contributed by atoms with Gasteiger partial charge in [0.2, 0.25) is 0 Å². The maximum absolute atomic E-state index is 5.69. The third-order valence-corrected chi connectivity index (χ3v) is 2.66. The van der Waals surface area contributed by atoms with Crippen molar-refractivity contribution in [3.8, 4) is 5.75 Å². The second-order valence-electron chi connectivity index (χ2n) is 3.78. The van der Waals surface area contributed by atoms with Crippen LogP contribution in [0.2, 0.25) is 0 Å². The Kier molecular flexibility index (Phi) is 3.53. The lowest BCUT2D eigenvalue weighted by atomic mass is 9.93. The van der Waals surface area contributed by atoms with E-state index >= 15 is 0 Å². The normalized spacial score (nSPS) is 12.6. The van der Waals surface area contributed by atoms with Crippen molar-refractivity contribution in [3.63, 3.8) is 0 Å². The van der Waals surface area contributed by atoms with Crippen LogP contribution in [0.3, 0.4) is 0 Å². The first-order valence-corrected chi connectivity index (χ1v) is 4.96. The number of methoxy groups -OCH3 is 1. The van der Waals surface area contributed by atoms with Crippen LogP contribution in [-0.4, -0.2) is 13.7 Å². The Hall–Kier alpha value is -1.02. The molecule has 0 aliphatic carbocycles. The van der Waals surface area contributed by atoms with Gasteiger partial charge in [-0.2, -0.15) is 0 Å². The molecule has 1 aromatic rings. The van der Waals surface area contributed by atoms with Gasteiger partial charge in [0.05, 0.1) is 7.11 Å². The van der Waals surface area contributed by atoms with E-state index in [1.807, 2.05) is 0 Å². The molecule has 0 aliphatic rings. The molecule has 0 bridgehead atoms. The van der Waals surface area contributed by atoms with E-state index in [0.29, 0.717) is 12.5 Å². The first kappa shape index (κ1) is 11.1. The van der Waals surface area contributed by atoms with Crippen LogP contribution in [0.5, 0.6) is 5.75 Å². The fourth-order valence-corrected chi connectivity index (χ4v) is 1.81. The highest BCUT2D eigenvalue weighted by molar-refractivity contribution is 5.47. The Labute approximate surface area is 86.1 Å². The Morgan fingerprint density at radius 2 is 1.86 bits per heavy atom. The molecule has 2 nitrogen and oxygen atoms in total. The molecule has 1 unspecified atom stereocenters. The van der Waals surface area contributed by atoms with Crippen LogP contribution in [-0.2, 0) is 0 Å². The molecule has 1 atom stereocenters. The fourth-order valence-electron chi connectivity index (χ4n) is 1.81. The van der Waals surface area contributed by atoms with Gasteiger partial charge in [0, 0.05) is 5.56 Å². The zero-order valence-corrected chi connectivity index (χ0v) is 9.42. The topological polar surface area (TPSA) is 35.2 Å². The smallest absolute Gasteiger partial charge is 0.125 e. The number of hydrogen-bond acceptors (Lipinski definition) is 2.